The first-order chi connectivity index (χ1) is 7.85. The standard InChI is InChI=1S/C12H28N2O2/c1-4-14(10-12-16-5-2)9-6-7-13-8-11-15-3/h13H,4-12H2,1-3H3. The summed E-state index contributed by atoms with van der Waals surface area (Å²) in [4.78, 5) is 2.42. The zero-order valence-corrected chi connectivity index (χ0v) is 11.1. The Morgan fingerprint density at radius 2 is 1.88 bits per heavy atom. The van der Waals surface area contributed by atoms with Crippen LogP contribution in [0.4, 0.5) is 0 Å². The van der Waals surface area contributed by atoms with Gasteiger partial charge in [-0.25, -0.2) is 0 Å². The number of hydrogen-bond donors (Lipinski definition) is 1. The number of rotatable bonds is 12. The van der Waals surface area contributed by atoms with Crippen molar-refractivity contribution >= 4 is 0 Å². The van der Waals surface area contributed by atoms with E-state index in [-0.39, 0.29) is 0 Å². The zero-order chi connectivity index (χ0) is 12.1. The van der Waals surface area contributed by atoms with E-state index in [4.69, 9.17) is 9.47 Å². The molecule has 4 nitrogen and oxygen atoms in total. The molecule has 0 amide bonds. The molecule has 0 unspecified atom stereocenters. The van der Waals surface area contributed by atoms with E-state index in [1.54, 1.807) is 7.11 Å². The van der Waals surface area contributed by atoms with Gasteiger partial charge in [0.1, 0.15) is 0 Å². The van der Waals surface area contributed by atoms with Crippen LogP contribution in [0.15, 0.2) is 0 Å². The summed E-state index contributed by atoms with van der Waals surface area (Å²) >= 11 is 0. The van der Waals surface area contributed by atoms with E-state index in [0.717, 1.165) is 52.5 Å². The second-order valence-corrected chi connectivity index (χ2v) is 3.73. The van der Waals surface area contributed by atoms with Crippen LogP contribution in [0, 0.1) is 0 Å². The SMILES string of the molecule is CCOCCN(CC)CCCNCCOC. The van der Waals surface area contributed by atoms with Gasteiger partial charge in [0.15, 0.2) is 0 Å². The van der Waals surface area contributed by atoms with Crippen LogP contribution in [0.2, 0.25) is 0 Å². The van der Waals surface area contributed by atoms with Crippen molar-refractivity contribution in [2.75, 3.05) is 59.7 Å². The Hall–Kier alpha value is -0.160. The second-order valence-electron chi connectivity index (χ2n) is 3.73. The highest BCUT2D eigenvalue weighted by Gasteiger charge is 2.00. The Morgan fingerprint density at radius 3 is 2.50 bits per heavy atom. The molecule has 0 heterocycles. The molecule has 1 N–H and O–H groups in total. The van der Waals surface area contributed by atoms with Gasteiger partial charge in [0, 0.05) is 26.8 Å². The first-order valence-electron chi connectivity index (χ1n) is 6.34. The highest BCUT2D eigenvalue weighted by atomic mass is 16.5. The van der Waals surface area contributed by atoms with E-state index < -0.39 is 0 Å². The van der Waals surface area contributed by atoms with Crippen molar-refractivity contribution in [3.8, 4) is 0 Å². The lowest BCUT2D eigenvalue weighted by atomic mass is 10.3. The maximum atomic E-state index is 5.35. The van der Waals surface area contributed by atoms with Gasteiger partial charge in [0.2, 0.25) is 0 Å². The summed E-state index contributed by atoms with van der Waals surface area (Å²) in [6.07, 6.45) is 1.18. The third-order valence-corrected chi connectivity index (χ3v) is 2.51. The number of nitrogens with one attached hydrogen (secondary N) is 1. The average Bonchev–Trinajstić information content (AvgIpc) is 2.31. The largest absolute Gasteiger partial charge is 0.383 e. The molecule has 0 aromatic heterocycles. The number of ether oxygens (including phenoxy) is 2. The first kappa shape index (κ1) is 15.8. The fraction of sp³-hybridized carbons (Fsp3) is 1.00. The second kappa shape index (κ2) is 12.9. The Balaban J connectivity index is 3.26. The molecule has 0 saturated heterocycles. The van der Waals surface area contributed by atoms with E-state index in [1.807, 2.05) is 6.92 Å². The Bertz CT molecular complexity index is 134. The number of nitrogens with zero attached hydrogens (tertiary/aromatic N) is 1. The van der Waals surface area contributed by atoms with Gasteiger partial charge in [-0.3, -0.25) is 0 Å². The van der Waals surface area contributed by atoms with E-state index in [1.165, 1.54) is 6.42 Å². The topological polar surface area (TPSA) is 33.7 Å². The molecule has 0 atom stereocenters. The van der Waals surface area contributed by atoms with Crippen LogP contribution in [-0.2, 0) is 9.47 Å². The van der Waals surface area contributed by atoms with Crippen molar-refractivity contribution < 1.29 is 9.47 Å². The lowest BCUT2D eigenvalue weighted by Gasteiger charge is -2.20. The third-order valence-electron chi connectivity index (χ3n) is 2.51. The van der Waals surface area contributed by atoms with Crippen LogP contribution in [0.1, 0.15) is 20.3 Å². The lowest BCUT2D eigenvalue weighted by molar-refractivity contribution is 0.115. The zero-order valence-electron chi connectivity index (χ0n) is 11.1. The fourth-order valence-electron chi connectivity index (χ4n) is 1.49. The molecule has 98 valence electrons. The van der Waals surface area contributed by atoms with Crippen LogP contribution in [0.5, 0.6) is 0 Å². The van der Waals surface area contributed by atoms with E-state index in [2.05, 4.69) is 17.1 Å². The molecule has 0 aliphatic rings. The minimum atomic E-state index is 0.793. The summed E-state index contributed by atoms with van der Waals surface area (Å²) in [7, 11) is 1.73. The lowest BCUT2D eigenvalue weighted by Crippen LogP contribution is -2.31. The summed E-state index contributed by atoms with van der Waals surface area (Å²) < 4.78 is 10.3. The van der Waals surface area contributed by atoms with Gasteiger partial charge in [-0.2, -0.15) is 0 Å². The van der Waals surface area contributed by atoms with Gasteiger partial charge < -0.3 is 19.7 Å². The van der Waals surface area contributed by atoms with Crippen molar-refractivity contribution in [2.45, 2.75) is 20.3 Å². The van der Waals surface area contributed by atoms with Crippen molar-refractivity contribution in [3.05, 3.63) is 0 Å². The first-order valence-corrected chi connectivity index (χ1v) is 6.34. The van der Waals surface area contributed by atoms with Gasteiger partial charge in [-0.1, -0.05) is 6.92 Å². The molecular formula is C12H28N2O2. The maximum Gasteiger partial charge on any atom is 0.0593 e. The van der Waals surface area contributed by atoms with Crippen LogP contribution < -0.4 is 5.32 Å². The van der Waals surface area contributed by atoms with Gasteiger partial charge in [0.05, 0.1) is 13.2 Å². The van der Waals surface area contributed by atoms with E-state index in [0.29, 0.717) is 0 Å². The highest BCUT2D eigenvalue weighted by Crippen LogP contribution is 1.91. The van der Waals surface area contributed by atoms with Crippen LogP contribution in [0.3, 0.4) is 0 Å². The number of methoxy groups -OCH3 is 1. The molecule has 0 aliphatic carbocycles. The highest BCUT2D eigenvalue weighted by molar-refractivity contribution is 4.56. The molecular weight excluding hydrogens is 204 g/mol. The Kier molecular flexibility index (Phi) is 12.8. The van der Waals surface area contributed by atoms with Crippen molar-refractivity contribution in [2.24, 2.45) is 0 Å². The van der Waals surface area contributed by atoms with E-state index >= 15 is 0 Å². The maximum absolute atomic E-state index is 5.35. The summed E-state index contributed by atoms with van der Waals surface area (Å²) in [6, 6.07) is 0. The quantitative estimate of drug-likeness (QED) is 0.508. The van der Waals surface area contributed by atoms with E-state index in [9.17, 15) is 0 Å². The Morgan fingerprint density at radius 1 is 1.06 bits per heavy atom. The van der Waals surface area contributed by atoms with Gasteiger partial charge in [0.25, 0.3) is 0 Å². The minimum absolute atomic E-state index is 0.793. The molecule has 0 rings (SSSR count). The van der Waals surface area contributed by atoms with Crippen molar-refractivity contribution in [3.63, 3.8) is 0 Å². The summed E-state index contributed by atoms with van der Waals surface area (Å²) in [6.45, 7) is 12.0. The van der Waals surface area contributed by atoms with Crippen LogP contribution in [0.25, 0.3) is 0 Å². The van der Waals surface area contributed by atoms with Crippen LogP contribution >= 0.6 is 0 Å². The van der Waals surface area contributed by atoms with Gasteiger partial charge in [-0.05, 0) is 33.0 Å². The molecule has 0 radical (unpaired) electrons. The predicted molar refractivity (Wildman–Crippen MR) is 68.0 cm³/mol. The number of likely N-dealkylation sites (N-methyl/N-ethyl adjacent to an activating group) is 1. The predicted octanol–water partition coefficient (Wildman–Crippen LogP) is 0.971. The summed E-state index contributed by atoms with van der Waals surface area (Å²) in [5.41, 5.74) is 0. The summed E-state index contributed by atoms with van der Waals surface area (Å²) in [5, 5.41) is 3.35. The van der Waals surface area contributed by atoms with Crippen LogP contribution in [-0.4, -0.2) is 64.6 Å². The molecule has 0 saturated carbocycles. The molecule has 0 aliphatic heterocycles. The van der Waals surface area contributed by atoms with Crippen molar-refractivity contribution in [1.29, 1.82) is 0 Å². The van der Waals surface area contributed by atoms with Gasteiger partial charge >= 0.3 is 0 Å². The molecule has 0 spiro atoms. The molecule has 0 fully saturated rings. The smallest absolute Gasteiger partial charge is 0.0593 e. The molecule has 0 bridgehead atoms. The Labute approximate surface area is 100 Å². The average molecular weight is 232 g/mol. The summed E-state index contributed by atoms with van der Waals surface area (Å²) in [5.74, 6) is 0. The monoisotopic (exact) mass is 232 g/mol. The normalized spacial score (nSPS) is 11.2. The minimum Gasteiger partial charge on any atom is -0.383 e. The fourth-order valence-corrected chi connectivity index (χ4v) is 1.49. The third kappa shape index (κ3) is 10.4. The number of hydrogen-bond acceptors (Lipinski definition) is 4. The molecule has 0 aromatic carbocycles. The molecule has 4 heteroatoms. The van der Waals surface area contributed by atoms with Crippen molar-refractivity contribution in [1.82, 2.24) is 10.2 Å². The molecule has 16 heavy (non-hydrogen) atoms. The van der Waals surface area contributed by atoms with Gasteiger partial charge in [-0.15, -0.1) is 0 Å². The molecule has 0 aromatic rings.